The minimum absolute atomic E-state index is 0.0328. The number of esters is 2. The first kappa shape index (κ1) is 52.8. The lowest BCUT2D eigenvalue weighted by atomic mass is 10.00. The standard InChI is InChI=1S/C45H72O12S/c1-3-5-7-9-11-13-15-16-17-18-19-20-21-22-24-26-28-30-32-34-41(47)56-38(35-54-40(46)33-31-29-27-25-23-14-12-10-8-6-4-2)36-55-45-44(50)43(49)42(48)39(57-45)37-58(51,52)53/h5,7,10-13,16-17,19-20,22,24,28,30,38-39,42-45,48-50H,3-4,6,8-9,14-15,18,21,23,25-27,29,31-37H2,1-2H3,(H,51,52,53)/b7-5+,12-10+,13-11+,17-16+,20-19+,24-22+,30-28+/t38-,39-,42-,43?,44?,45+/m1/s1. The van der Waals surface area contributed by atoms with E-state index in [-0.39, 0.29) is 19.4 Å². The third-order valence-electron chi connectivity index (χ3n) is 8.97. The van der Waals surface area contributed by atoms with E-state index >= 15 is 0 Å². The van der Waals surface area contributed by atoms with Gasteiger partial charge in [-0.3, -0.25) is 14.1 Å². The quantitative estimate of drug-likeness (QED) is 0.0216. The maximum absolute atomic E-state index is 12.7. The first-order valence-electron chi connectivity index (χ1n) is 21.1. The number of hydrogen-bond donors (Lipinski definition) is 4. The monoisotopic (exact) mass is 836 g/mol. The Morgan fingerprint density at radius 3 is 1.69 bits per heavy atom. The van der Waals surface area contributed by atoms with E-state index in [0.717, 1.165) is 70.6 Å². The molecule has 2 unspecified atom stereocenters. The van der Waals surface area contributed by atoms with Crippen molar-refractivity contribution >= 4 is 22.1 Å². The van der Waals surface area contributed by atoms with Gasteiger partial charge in [0.05, 0.1) is 6.61 Å². The summed E-state index contributed by atoms with van der Waals surface area (Å²) >= 11 is 0. The van der Waals surface area contributed by atoms with Gasteiger partial charge in [-0.15, -0.1) is 0 Å². The van der Waals surface area contributed by atoms with Crippen molar-refractivity contribution in [2.75, 3.05) is 19.0 Å². The van der Waals surface area contributed by atoms with Crippen LogP contribution in [0, 0.1) is 0 Å². The van der Waals surface area contributed by atoms with Crippen LogP contribution in [0.2, 0.25) is 0 Å². The summed E-state index contributed by atoms with van der Waals surface area (Å²) in [6.45, 7) is 3.50. The van der Waals surface area contributed by atoms with Crippen LogP contribution in [-0.2, 0) is 38.7 Å². The number of allylic oxidation sites excluding steroid dienone is 14. The molecular weight excluding hydrogens is 765 g/mol. The summed E-state index contributed by atoms with van der Waals surface area (Å²) in [5, 5.41) is 30.8. The Hall–Kier alpha value is -3.17. The van der Waals surface area contributed by atoms with Crippen molar-refractivity contribution in [2.45, 2.75) is 166 Å². The molecule has 0 radical (unpaired) electrons. The van der Waals surface area contributed by atoms with E-state index in [2.05, 4.69) is 80.7 Å². The lowest BCUT2D eigenvalue weighted by molar-refractivity contribution is -0.297. The van der Waals surface area contributed by atoms with E-state index in [9.17, 15) is 37.9 Å². The molecule has 12 nitrogen and oxygen atoms in total. The maximum Gasteiger partial charge on any atom is 0.306 e. The Morgan fingerprint density at radius 2 is 1.12 bits per heavy atom. The molecule has 58 heavy (non-hydrogen) atoms. The molecule has 1 aliphatic heterocycles. The molecule has 1 fully saturated rings. The number of ether oxygens (including phenoxy) is 4. The van der Waals surface area contributed by atoms with Gasteiger partial charge in [-0.1, -0.05) is 131 Å². The van der Waals surface area contributed by atoms with E-state index < -0.39 is 71.2 Å². The van der Waals surface area contributed by atoms with Gasteiger partial charge in [0.15, 0.2) is 12.4 Å². The molecule has 1 heterocycles. The number of rotatable bonds is 33. The van der Waals surface area contributed by atoms with Gasteiger partial charge in [0.25, 0.3) is 10.1 Å². The molecule has 0 aromatic heterocycles. The summed E-state index contributed by atoms with van der Waals surface area (Å²) in [7, 11) is -4.61. The molecule has 0 saturated carbocycles. The molecule has 0 aliphatic carbocycles. The number of carbonyl (C=O) groups excluding carboxylic acids is 2. The summed E-state index contributed by atoms with van der Waals surface area (Å²) in [5.41, 5.74) is 0. The second-order valence-electron chi connectivity index (χ2n) is 14.3. The highest BCUT2D eigenvalue weighted by Gasteiger charge is 2.46. The molecule has 1 rings (SSSR count). The second kappa shape index (κ2) is 34.7. The molecule has 0 bridgehead atoms. The largest absolute Gasteiger partial charge is 0.462 e. The van der Waals surface area contributed by atoms with Crippen LogP contribution < -0.4 is 0 Å². The molecule has 13 heteroatoms. The highest BCUT2D eigenvalue weighted by molar-refractivity contribution is 7.85. The predicted molar refractivity (Wildman–Crippen MR) is 228 cm³/mol. The Labute approximate surface area is 348 Å². The Kier molecular flexibility index (Phi) is 31.6. The van der Waals surface area contributed by atoms with Crippen molar-refractivity contribution in [3.05, 3.63) is 85.1 Å². The summed E-state index contributed by atoms with van der Waals surface area (Å²) < 4.78 is 53.8. The van der Waals surface area contributed by atoms with Crippen LogP contribution in [0.5, 0.6) is 0 Å². The average Bonchev–Trinajstić information content (AvgIpc) is 3.18. The fourth-order valence-corrected chi connectivity index (χ4v) is 6.37. The molecule has 0 aromatic rings. The predicted octanol–water partition coefficient (Wildman–Crippen LogP) is 8.11. The van der Waals surface area contributed by atoms with Gasteiger partial charge in [-0.2, -0.15) is 8.42 Å². The van der Waals surface area contributed by atoms with E-state index in [1.807, 2.05) is 18.2 Å². The molecule has 0 amide bonds. The van der Waals surface area contributed by atoms with E-state index in [1.165, 1.54) is 12.8 Å². The van der Waals surface area contributed by atoms with Crippen molar-refractivity contribution in [1.82, 2.24) is 0 Å². The van der Waals surface area contributed by atoms with Crippen LogP contribution in [0.3, 0.4) is 0 Å². The summed E-state index contributed by atoms with van der Waals surface area (Å²) in [6.07, 6.45) is 35.1. The number of aliphatic hydroxyl groups excluding tert-OH is 3. The van der Waals surface area contributed by atoms with E-state index in [0.29, 0.717) is 19.3 Å². The molecule has 1 saturated heterocycles. The van der Waals surface area contributed by atoms with Gasteiger partial charge in [0.1, 0.15) is 36.8 Å². The zero-order valence-corrected chi connectivity index (χ0v) is 35.7. The van der Waals surface area contributed by atoms with Gasteiger partial charge in [0, 0.05) is 12.8 Å². The zero-order chi connectivity index (χ0) is 42.7. The molecule has 0 aromatic carbocycles. The summed E-state index contributed by atoms with van der Waals surface area (Å²) in [5.74, 6) is -2.12. The van der Waals surface area contributed by atoms with Crippen molar-refractivity contribution < 1.29 is 56.8 Å². The zero-order valence-electron chi connectivity index (χ0n) is 34.9. The lowest BCUT2D eigenvalue weighted by Gasteiger charge is -2.40. The van der Waals surface area contributed by atoms with Gasteiger partial charge in [-0.25, -0.2) is 0 Å². The fourth-order valence-electron chi connectivity index (χ4n) is 5.68. The Bertz CT molecular complexity index is 1400. The molecular formula is C45H72O12S. The van der Waals surface area contributed by atoms with E-state index in [4.69, 9.17) is 18.9 Å². The topological polar surface area (TPSA) is 186 Å². The smallest absolute Gasteiger partial charge is 0.306 e. The first-order chi connectivity index (χ1) is 28.0. The third-order valence-corrected chi connectivity index (χ3v) is 9.72. The lowest BCUT2D eigenvalue weighted by Crippen LogP contribution is -2.60. The SMILES string of the molecule is CC/C=C/C/C=C/C/C=C/C/C=C/C/C=C/C/C=C/CCC(=O)O[C@H](COC(=O)CCCCCCC/C=C/CCCC)CO[C@H]1O[C@H](CS(=O)(=O)O)[C@@H](O)C(O)C1O. The third kappa shape index (κ3) is 29.1. The fraction of sp³-hybridized carbons (Fsp3) is 0.644. The van der Waals surface area contributed by atoms with Crippen LogP contribution in [-0.4, -0.2) is 96.0 Å². The van der Waals surface area contributed by atoms with Crippen LogP contribution in [0.4, 0.5) is 0 Å². The van der Waals surface area contributed by atoms with Crippen molar-refractivity contribution in [2.24, 2.45) is 0 Å². The normalized spacial score (nSPS) is 21.2. The minimum atomic E-state index is -4.61. The summed E-state index contributed by atoms with van der Waals surface area (Å²) in [6, 6.07) is 0. The molecule has 0 spiro atoms. The van der Waals surface area contributed by atoms with Gasteiger partial charge in [0.2, 0.25) is 0 Å². The minimum Gasteiger partial charge on any atom is -0.462 e. The highest BCUT2D eigenvalue weighted by Crippen LogP contribution is 2.23. The van der Waals surface area contributed by atoms with Gasteiger partial charge < -0.3 is 34.3 Å². The summed E-state index contributed by atoms with van der Waals surface area (Å²) in [4.78, 5) is 25.3. The molecule has 330 valence electrons. The molecule has 4 N–H and O–H groups in total. The molecule has 6 atom stereocenters. The van der Waals surface area contributed by atoms with Crippen LogP contribution in [0.15, 0.2) is 85.1 Å². The van der Waals surface area contributed by atoms with Crippen molar-refractivity contribution in [1.29, 1.82) is 0 Å². The van der Waals surface area contributed by atoms with Crippen molar-refractivity contribution in [3.8, 4) is 0 Å². The molecule has 1 aliphatic rings. The Balaban J connectivity index is 2.55. The van der Waals surface area contributed by atoms with Crippen molar-refractivity contribution in [3.63, 3.8) is 0 Å². The van der Waals surface area contributed by atoms with Gasteiger partial charge >= 0.3 is 11.9 Å². The van der Waals surface area contributed by atoms with Crippen LogP contribution in [0.1, 0.15) is 129 Å². The van der Waals surface area contributed by atoms with Gasteiger partial charge in [-0.05, 0) is 70.6 Å². The number of unbranched alkanes of at least 4 members (excludes halogenated alkanes) is 7. The number of aliphatic hydroxyl groups is 3. The number of carbonyl (C=O) groups is 2. The van der Waals surface area contributed by atoms with E-state index in [1.54, 1.807) is 0 Å². The highest BCUT2D eigenvalue weighted by atomic mass is 32.2. The number of hydrogen-bond acceptors (Lipinski definition) is 11. The first-order valence-corrected chi connectivity index (χ1v) is 22.8. The Morgan fingerprint density at radius 1 is 0.603 bits per heavy atom. The van der Waals surface area contributed by atoms with Crippen LogP contribution >= 0.6 is 0 Å². The second-order valence-corrected chi connectivity index (χ2v) is 15.8. The average molecular weight is 837 g/mol. The maximum atomic E-state index is 12.7. The van der Waals surface area contributed by atoms with Crippen LogP contribution in [0.25, 0.3) is 0 Å².